The van der Waals surface area contributed by atoms with Crippen LogP contribution >= 0.6 is 35.6 Å². The summed E-state index contributed by atoms with van der Waals surface area (Å²) in [4.78, 5) is 35.0. The number of aliphatic imine (C=N–C) groups is 1. The van der Waals surface area contributed by atoms with Crippen molar-refractivity contribution in [3.63, 3.8) is 0 Å². The van der Waals surface area contributed by atoms with E-state index in [0.29, 0.717) is 37.2 Å². The molecule has 0 aromatic carbocycles. The molecule has 1 aliphatic heterocycles. The van der Waals surface area contributed by atoms with Crippen LogP contribution in [0, 0.1) is 23.7 Å². The minimum Gasteiger partial charge on any atom is -0.356 e. The van der Waals surface area contributed by atoms with E-state index >= 15 is 0 Å². The van der Waals surface area contributed by atoms with Crippen LogP contribution in [0.25, 0.3) is 0 Å². The summed E-state index contributed by atoms with van der Waals surface area (Å²) in [7, 11) is 1.70. The van der Waals surface area contributed by atoms with Crippen molar-refractivity contribution >= 4 is 53.4 Å². The van der Waals surface area contributed by atoms with Crippen LogP contribution < -0.4 is 10.6 Å². The van der Waals surface area contributed by atoms with Crippen LogP contribution in [0.3, 0.4) is 0 Å². The minimum absolute atomic E-state index is 0. The van der Waals surface area contributed by atoms with Gasteiger partial charge in [-0.3, -0.25) is 19.5 Å². The predicted octanol–water partition coefficient (Wildman–Crippen LogP) is 2.22. The summed E-state index contributed by atoms with van der Waals surface area (Å²) in [6, 6.07) is 3.65. The van der Waals surface area contributed by atoms with Gasteiger partial charge in [0.05, 0.1) is 11.8 Å². The molecule has 29 heavy (non-hydrogen) atoms. The Morgan fingerprint density at radius 2 is 1.90 bits per heavy atom. The molecule has 7 nitrogen and oxygen atoms in total. The number of carbonyl (C=O) groups is 2. The van der Waals surface area contributed by atoms with Crippen molar-refractivity contribution in [3.8, 4) is 0 Å². The number of aromatic nitrogens is 1. The second-order valence-electron chi connectivity index (χ2n) is 7.52. The van der Waals surface area contributed by atoms with Gasteiger partial charge in [-0.2, -0.15) is 0 Å². The molecule has 1 aromatic rings. The Balaban J connectivity index is 0.00000240. The molecular weight excluding hydrogens is 505 g/mol. The summed E-state index contributed by atoms with van der Waals surface area (Å²) in [6.45, 7) is 1.65. The highest BCUT2D eigenvalue weighted by atomic mass is 127. The first-order valence-electron chi connectivity index (χ1n) is 9.67. The first-order valence-corrected chi connectivity index (χ1v) is 10.0. The third kappa shape index (κ3) is 4.42. The molecule has 0 spiro atoms. The number of fused-ring (bicyclic) bond motifs is 5. The third-order valence-electron chi connectivity index (χ3n) is 5.88. The number of carbonyl (C=O) groups excluding carboxylic acids is 2. The lowest BCUT2D eigenvalue weighted by Crippen LogP contribution is -2.39. The fourth-order valence-electron chi connectivity index (χ4n) is 4.55. The van der Waals surface area contributed by atoms with Crippen molar-refractivity contribution in [1.82, 2.24) is 20.5 Å². The second kappa shape index (κ2) is 9.42. The lowest BCUT2D eigenvalue weighted by molar-refractivity contribution is -0.140. The van der Waals surface area contributed by atoms with Crippen LogP contribution in [0.15, 0.2) is 35.5 Å². The zero-order chi connectivity index (χ0) is 19.7. The van der Waals surface area contributed by atoms with Crippen molar-refractivity contribution in [2.45, 2.75) is 19.4 Å². The van der Waals surface area contributed by atoms with Gasteiger partial charge in [-0.05, 0) is 36.3 Å². The molecule has 4 rings (SSSR count). The molecule has 1 aromatic heterocycles. The zero-order valence-corrected chi connectivity index (χ0v) is 19.3. The quantitative estimate of drug-likeness (QED) is 0.112. The fraction of sp³-hybridized carbons (Fsp3) is 0.500. The third-order valence-corrected chi connectivity index (χ3v) is 6.11. The summed E-state index contributed by atoms with van der Waals surface area (Å²) in [6.07, 6.45) is 7.60. The molecule has 4 atom stereocenters. The minimum atomic E-state index is -0.113. The van der Waals surface area contributed by atoms with E-state index < -0.39 is 0 Å². The van der Waals surface area contributed by atoms with E-state index in [1.807, 2.05) is 6.07 Å². The molecule has 9 heteroatoms. The van der Waals surface area contributed by atoms with Crippen molar-refractivity contribution in [2.75, 3.05) is 20.1 Å². The van der Waals surface area contributed by atoms with E-state index in [1.54, 1.807) is 19.3 Å². The molecule has 156 valence electrons. The number of hydrogen-bond acceptors (Lipinski definition) is 4. The number of likely N-dealkylation sites (tertiary alicyclic amines) is 1. The van der Waals surface area contributed by atoms with E-state index in [0.717, 1.165) is 12.0 Å². The maximum Gasteiger partial charge on any atom is 0.233 e. The van der Waals surface area contributed by atoms with E-state index in [-0.39, 0.29) is 59.5 Å². The van der Waals surface area contributed by atoms with Crippen LogP contribution in [0.2, 0.25) is 5.15 Å². The normalized spacial score (nSPS) is 27.2. The Bertz CT molecular complexity index is 799. The largest absolute Gasteiger partial charge is 0.356 e. The smallest absolute Gasteiger partial charge is 0.233 e. The molecule has 3 aliphatic rings. The molecule has 2 N–H and O–H groups in total. The molecule has 2 amide bonds. The van der Waals surface area contributed by atoms with Crippen LogP contribution in [-0.2, 0) is 16.1 Å². The highest BCUT2D eigenvalue weighted by Crippen LogP contribution is 2.52. The van der Waals surface area contributed by atoms with Gasteiger partial charge in [-0.15, -0.1) is 24.0 Å². The van der Waals surface area contributed by atoms with Crippen molar-refractivity contribution < 1.29 is 9.59 Å². The van der Waals surface area contributed by atoms with Crippen molar-refractivity contribution in [1.29, 1.82) is 0 Å². The average Bonchev–Trinajstić information content (AvgIpc) is 3.38. The van der Waals surface area contributed by atoms with Gasteiger partial charge in [0.2, 0.25) is 11.8 Å². The number of pyridine rings is 1. The Hall–Kier alpha value is -1.68. The number of nitrogens with zero attached hydrogens (tertiary/aromatic N) is 3. The van der Waals surface area contributed by atoms with Gasteiger partial charge < -0.3 is 10.6 Å². The maximum absolute atomic E-state index is 12.7. The fourth-order valence-corrected chi connectivity index (χ4v) is 4.66. The number of halogens is 2. The monoisotopic (exact) mass is 529 g/mol. The van der Waals surface area contributed by atoms with Gasteiger partial charge in [-0.1, -0.05) is 29.8 Å². The van der Waals surface area contributed by atoms with E-state index in [1.165, 1.54) is 4.90 Å². The van der Waals surface area contributed by atoms with Gasteiger partial charge in [0.25, 0.3) is 0 Å². The van der Waals surface area contributed by atoms with Crippen LogP contribution in [0.5, 0.6) is 0 Å². The summed E-state index contributed by atoms with van der Waals surface area (Å²) in [5.74, 6) is 0.998. The van der Waals surface area contributed by atoms with Gasteiger partial charge in [-0.25, -0.2) is 4.98 Å². The van der Waals surface area contributed by atoms with E-state index in [4.69, 9.17) is 11.6 Å². The lowest BCUT2D eigenvalue weighted by Gasteiger charge is -2.18. The summed E-state index contributed by atoms with van der Waals surface area (Å²) < 4.78 is 0. The lowest BCUT2D eigenvalue weighted by atomic mass is 9.85. The number of allylic oxidation sites excluding steroid dienone is 2. The van der Waals surface area contributed by atoms with Crippen LogP contribution in [0.1, 0.15) is 18.4 Å². The number of hydrogen-bond donors (Lipinski definition) is 2. The maximum atomic E-state index is 12.7. The van der Waals surface area contributed by atoms with Gasteiger partial charge >= 0.3 is 0 Å². The van der Waals surface area contributed by atoms with E-state index in [9.17, 15) is 9.59 Å². The number of imide groups is 1. The molecule has 2 aliphatic carbocycles. The highest BCUT2D eigenvalue weighted by molar-refractivity contribution is 14.0. The van der Waals surface area contributed by atoms with Crippen molar-refractivity contribution in [3.05, 3.63) is 41.2 Å². The van der Waals surface area contributed by atoms with Gasteiger partial charge in [0.1, 0.15) is 5.15 Å². The summed E-state index contributed by atoms with van der Waals surface area (Å²) >= 11 is 5.79. The SMILES string of the molecule is CN=C(NCCCN1C(=O)C2C3C=CC(C3)C2C1=O)NCc1ccc(Cl)nc1.I. The summed E-state index contributed by atoms with van der Waals surface area (Å²) in [5, 5.41) is 6.88. The number of nitrogens with one attached hydrogen (secondary N) is 2. The molecule has 1 saturated carbocycles. The zero-order valence-electron chi connectivity index (χ0n) is 16.2. The number of rotatable bonds is 6. The van der Waals surface area contributed by atoms with Crippen LogP contribution in [0.4, 0.5) is 0 Å². The molecule has 2 bridgehead atoms. The predicted molar refractivity (Wildman–Crippen MR) is 122 cm³/mol. The van der Waals surface area contributed by atoms with Gasteiger partial charge in [0, 0.05) is 32.9 Å². The number of guanidine groups is 1. The molecule has 2 heterocycles. The first-order chi connectivity index (χ1) is 13.6. The van der Waals surface area contributed by atoms with Crippen LogP contribution in [-0.4, -0.2) is 47.8 Å². The Kier molecular flexibility index (Phi) is 7.15. The topological polar surface area (TPSA) is 86.7 Å². The Morgan fingerprint density at radius 3 is 2.48 bits per heavy atom. The highest BCUT2D eigenvalue weighted by Gasteiger charge is 2.58. The molecule has 0 radical (unpaired) electrons. The number of amides is 2. The summed E-state index contributed by atoms with van der Waals surface area (Å²) in [5.41, 5.74) is 0.996. The Labute approximate surface area is 192 Å². The molecular formula is C20H25ClIN5O2. The van der Waals surface area contributed by atoms with Gasteiger partial charge in [0.15, 0.2) is 5.96 Å². The van der Waals surface area contributed by atoms with E-state index in [2.05, 4.69) is 32.8 Å². The first kappa shape index (κ1) is 22.0. The standard InChI is InChI=1S/C20H24ClN5O2.HI/c1-22-20(25-11-12-3-6-15(21)24-10-12)23-7-2-8-26-18(27)16-13-4-5-14(9-13)17(16)19(26)28;/h3-6,10,13-14,16-17H,2,7-9,11H2,1H3,(H2,22,23,25);1H. The second-order valence-corrected chi connectivity index (χ2v) is 7.91. The molecule has 4 unspecified atom stereocenters. The Morgan fingerprint density at radius 1 is 1.21 bits per heavy atom. The molecule has 2 fully saturated rings. The molecule has 1 saturated heterocycles. The van der Waals surface area contributed by atoms with Crippen molar-refractivity contribution in [2.24, 2.45) is 28.7 Å². The average molecular weight is 530 g/mol.